The molecule has 0 saturated heterocycles. The number of amides is 1. The van der Waals surface area contributed by atoms with Crippen LogP contribution in [0.15, 0.2) is 0 Å². The maximum Gasteiger partial charge on any atom is 0.228 e. The van der Waals surface area contributed by atoms with Gasteiger partial charge in [-0.15, -0.1) is 0 Å². The van der Waals surface area contributed by atoms with Crippen LogP contribution in [0.25, 0.3) is 0 Å². The summed E-state index contributed by atoms with van der Waals surface area (Å²) in [4.78, 5) is 15.0. The van der Waals surface area contributed by atoms with Gasteiger partial charge in [0.15, 0.2) is 0 Å². The highest BCUT2D eigenvalue weighted by Gasteiger charge is 2.39. The van der Waals surface area contributed by atoms with E-state index in [1.54, 1.807) is 0 Å². The summed E-state index contributed by atoms with van der Waals surface area (Å²) in [5.74, 6) is 1.10. The first-order valence-corrected chi connectivity index (χ1v) is 7.32. The first kappa shape index (κ1) is 12.4. The predicted molar refractivity (Wildman–Crippen MR) is 69.7 cm³/mol. The minimum Gasteiger partial charge on any atom is -0.345 e. The van der Waals surface area contributed by atoms with E-state index in [1.807, 2.05) is 11.9 Å². The third-order valence-electron chi connectivity index (χ3n) is 4.28. The van der Waals surface area contributed by atoms with Gasteiger partial charge in [-0.1, -0.05) is 35.7 Å². The molecule has 2 saturated carbocycles. The van der Waals surface area contributed by atoms with Crippen molar-refractivity contribution in [3.8, 4) is 0 Å². The van der Waals surface area contributed by atoms with Gasteiger partial charge < -0.3 is 4.90 Å². The Morgan fingerprint density at radius 1 is 1.38 bits per heavy atom. The first-order valence-electron chi connectivity index (χ1n) is 6.41. The summed E-state index contributed by atoms with van der Waals surface area (Å²) in [5.41, 5.74) is -0.0493. The van der Waals surface area contributed by atoms with Gasteiger partial charge in [0, 0.05) is 23.8 Å². The van der Waals surface area contributed by atoms with Gasteiger partial charge >= 0.3 is 0 Å². The third-order valence-corrected chi connectivity index (χ3v) is 5.03. The van der Waals surface area contributed by atoms with Crippen molar-refractivity contribution in [2.24, 2.45) is 11.3 Å². The number of nitrogens with zero attached hydrogens (tertiary/aromatic N) is 1. The fourth-order valence-corrected chi connectivity index (χ4v) is 4.16. The van der Waals surface area contributed by atoms with Crippen molar-refractivity contribution < 1.29 is 4.79 Å². The van der Waals surface area contributed by atoms with Gasteiger partial charge in [-0.05, 0) is 31.6 Å². The number of hydrogen-bond acceptors (Lipinski definition) is 1. The molecule has 0 aromatic carbocycles. The molecule has 1 amide bonds. The van der Waals surface area contributed by atoms with Gasteiger partial charge in [-0.3, -0.25) is 4.79 Å². The van der Waals surface area contributed by atoms with E-state index in [1.165, 1.54) is 25.7 Å². The molecule has 3 heteroatoms. The second-order valence-corrected chi connectivity index (χ2v) is 7.18. The Morgan fingerprint density at radius 3 is 2.44 bits per heavy atom. The van der Waals surface area contributed by atoms with E-state index in [2.05, 4.69) is 22.9 Å². The van der Waals surface area contributed by atoms with Gasteiger partial charge in [0.25, 0.3) is 0 Å². The summed E-state index contributed by atoms with van der Waals surface area (Å²) < 4.78 is 0. The van der Waals surface area contributed by atoms with E-state index in [0.717, 1.165) is 25.3 Å². The third kappa shape index (κ3) is 2.44. The van der Waals surface area contributed by atoms with Crippen molar-refractivity contribution >= 4 is 21.8 Å². The van der Waals surface area contributed by atoms with Crippen molar-refractivity contribution in [2.45, 2.75) is 50.3 Å². The van der Waals surface area contributed by atoms with Gasteiger partial charge in [0.05, 0.1) is 0 Å². The molecule has 2 fully saturated rings. The molecule has 0 aliphatic heterocycles. The van der Waals surface area contributed by atoms with E-state index in [4.69, 9.17) is 0 Å². The molecule has 16 heavy (non-hydrogen) atoms. The Morgan fingerprint density at radius 2 is 1.94 bits per heavy atom. The molecule has 0 atom stereocenters. The van der Waals surface area contributed by atoms with Crippen LogP contribution >= 0.6 is 15.9 Å². The molecule has 0 heterocycles. The Kier molecular flexibility index (Phi) is 3.62. The normalized spacial score (nSPS) is 32.2. The lowest BCUT2D eigenvalue weighted by Crippen LogP contribution is -2.43. The van der Waals surface area contributed by atoms with Crippen LogP contribution in [-0.4, -0.2) is 29.2 Å². The number of alkyl halides is 1. The maximum absolute atomic E-state index is 12.3. The summed E-state index contributed by atoms with van der Waals surface area (Å²) in [6.07, 6.45) is 7.08. The van der Waals surface area contributed by atoms with Gasteiger partial charge in [-0.2, -0.15) is 0 Å². The number of halogens is 1. The number of hydrogen-bond donors (Lipinski definition) is 0. The molecular weight excluding hydrogens is 266 g/mol. The van der Waals surface area contributed by atoms with Crippen LogP contribution in [-0.2, 0) is 4.79 Å². The quantitative estimate of drug-likeness (QED) is 0.730. The first-order chi connectivity index (χ1) is 7.51. The van der Waals surface area contributed by atoms with Crippen LogP contribution < -0.4 is 0 Å². The molecule has 2 nitrogen and oxygen atoms in total. The van der Waals surface area contributed by atoms with E-state index in [9.17, 15) is 4.79 Å². The lowest BCUT2D eigenvalue weighted by Gasteiger charge is -2.37. The molecule has 0 aromatic heterocycles. The monoisotopic (exact) mass is 287 g/mol. The molecule has 0 spiro atoms. The Hall–Kier alpha value is -0.0500. The minimum atomic E-state index is -0.0493. The van der Waals surface area contributed by atoms with E-state index < -0.39 is 0 Å². The zero-order chi connectivity index (χ0) is 11.8. The fraction of sp³-hybridized carbons (Fsp3) is 0.923. The fourth-order valence-electron chi connectivity index (χ4n) is 3.10. The van der Waals surface area contributed by atoms with Crippen LogP contribution in [0.5, 0.6) is 0 Å². The lowest BCUT2D eigenvalue weighted by atomic mass is 9.83. The summed E-state index contributed by atoms with van der Waals surface area (Å²) in [6.45, 7) is 3.10. The molecule has 0 radical (unpaired) electrons. The molecule has 0 bridgehead atoms. The van der Waals surface area contributed by atoms with E-state index in [-0.39, 0.29) is 5.41 Å². The summed E-state index contributed by atoms with van der Waals surface area (Å²) in [6, 6.07) is 0. The largest absolute Gasteiger partial charge is 0.345 e. The molecule has 0 aromatic rings. The highest BCUT2D eigenvalue weighted by atomic mass is 79.9. The zero-order valence-corrected chi connectivity index (χ0v) is 11.9. The van der Waals surface area contributed by atoms with Crippen molar-refractivity contribution in [3.63, 3.8) is 0 Å². The maximum atomic E-state index is 12.3. The lowest BCUT2D eigenvalue weighted by molar-refractivity contribution is -0.140. The van der Waals surface area contributed by atoms with E-state index in [0.29, 0.717) is 10.7 Å². The molecule has 0 unspecified atom stereocenters. The van der Waals surface area contributed by atoms with Crippen molar-refractivity contribution in [1.82, 2.24) is 4.90 Å². The van der Waals surface area contributed by atoms with Crippen LogP contribution in [0.2, 0.25) is 0 Å². The van der Waals surface area contributed by atoms with Gasteiger partial charge in [-0.25, -0.2) is 0 Å². The second kappa shape index (κ2) is 4.67. The highest BCUT2D eigenvalue weighted by Crippen LogP contribution is 2.40. The molecule has 2 rings (SSSR count). The average molecular weight is 288 g/mol. The van der Waals surface area contributed by atoms with Gasteiger partial charge in [0.2, 0.25) is 5.91 Å². The van der Waals surface area contributed by atoms with E-state index >= 15 is 0 Å². The predicted octanol–water partition coefficient (Wildman–Crippen LogP) is 3.20. The topological polar surface area (TPSA) is 20.3 Å². The molecular formula is C13H22BrNO. The zero-order valence-electron chi connectivity index (χ0n) is 10.3. The summed E-state index contributed by atoms with van der Waals surface area (Å²) >= 11 is 3.60. The number of rotatable bonds is 3. The summed E-state index contributed by atoms with van der Waals surface area (Å²) in [5, 5.41) is 0. The average Bonchev–Trinajstić information content (AvgIpc) is 2.63. The Labute approximate surface area is 107 Å². The second-order valence-electron chi connectivity index (χ2n) is 5.89. The summed E-state index contributed by atoms with van der Waals surface area (Å²) in [7, 11) is 1.98. The van der Waals surface area contributed by atoms with Crippen molar-refractivity contribution in [3.05, 3.63) is 0 Å². The van der Waals surface area contributed by atoms with Crippen molar-refractivity contribution in [1.29, 1.82) is 0 Å². The highest BCUT2D eigenvalue weighted by molar-refractivity contribution is 9.09. The van der Waals surface area contributed by atoms with Crippen LogP contribution in [0.1, 0.15) is 45.4 Å². The number of carbonyl (C=O) groups excluding carboxylic acids is 1. The van der Waals surface area contributed by atoms with Crippen LogP contribution in [0, 0.1) is 11.3 Å². The van der Waals surface area contributed by atoms with Crippen LogP contribution in [0.3, 0.4) is 0 Å². The Bertz CT molecular complexity index is 267. The SMILES string of the molecule is CN(CC1CC(Br)C1)C(=O)C1(C)CCCC1. The van der Waals surface area contributed by atoms with Gasteiger partial charge in [0.1, 0.15) is 0 Å². The van der Waals surface area contributed by atoms with Crippen molar-refractivity contribution in [2.75, 3.05) is 13.6 Å². The number of carbonyl (C=O) groups is 1. The molecule has 2 aliphatic carbocycles. The standard InChI is InChI=1S/C13H22BrNO/c1-13(5-3-4-6-13)12(16)15(2)9-10-7-11(14)8-10/h10-11H,3-9H2,1-2H3. The molecule has 2 aliphatic rings. The smallest absolute Gasteiger partial charge is 0.228 e. The van der Waals surface area contributed by atoms with Crippen LogP contribution in [0.4, 0.5) is 0 Å². The minimum absolute atomic E-state index is 0.0493. The Balaban J connectivity index is 1.84. The molecule has 92 valence electrons. The molecule has 0 N–H and O–H groups in total.